The van der Waals surface area contributed by atoms with Gasteiger partial charge in [0.15, 0.2) is 17.9 Å². The van der Waals surface area contributed by atoms with Crippen LogP contribution in [0.3, 0.4) is 0 Å². The molecule has 168 valence electrons. The third-order valence-corrected chi connectivity index (χ3v) is 6.56. The molecule has 31 heavy (non-hydrogen) atoms. The minimum Gasteiger partial charge on any atom is -0.342 e. The van der Waals surface area contributed by atoms with Gasteiger partial charge in [0.2, 0.25) is 0 Å². The Balaban J connectivity index is 1.49. The Labute approximate surface area is 185 Å². The Hall–Kier alpha value is -1.43. The zero-order valence-corrected chi connectivity index (χ0v) is 18.8. The minimum absolute atomic E-state index is 0.309. The van der Waals surface area contributed by atoms with E-state index in [1.807, 2.05) is 63.4 Å². The van der Waals surface area contributed by atoms with Gasteiger partial charge in [-0.25, -0.2) is 4.98 Å². The van der Waals surface area contributed by atoms with Crippen molar-refractivity contribution in [1.29, 1.82) is 0 Å². The van der Waals surface area contributed by atoms with E-state index in [-0.39, 0.29) is 0 Å². The van der Waals surface area contributed by atoms with Gasteiger partial charge in [0.25, 0.3) is 0 Å². The van der Waals surface area contributed by atoms with Crippen molar-refractivity contribution in [2.75, 3.05) is 0 Å². The van der Waals surface area contributed by atoms with Gasteiger partial charge < -0.3 is 28.9 Å². The molecule has 1 aromatic heterocycles. The summed E-state index contributed by atoms with van der Waals surface area (Å²) in [6.07, 6.45) is -0.769. The standard InChI is InChI=1S/C22H28N2O6S/c1-21(2)27-16-15(26-20-18(17(16)28-21)29-22(3,4)30-20)14(19-23-10-11-31-19)24(25)12-13-8-6-5-7-9-13/h5-11,14-18,20,25H,12H2,1-4H3/t14-,15+,16-,17-,18+,20+/m0/s1. The summed E-state index contributed by atoms with van der Waals surface area (Å²) in [5.74, 6) is -1.61. The molecule has 0 bridgehead atoms. The highest BCUT2D eigenvalue weighted by atomic mass is 32.1. The molecule has 0 aliphatic carbocycles. The molecule has 0 spiro atoms. The zero-order valence-electron chi connectivity index (χ0n) is 18.0. The number of benzene rings is 1. The Morgan fingerprint density at radius 1 is 1.00 bits per heavy atom. The molecule has 3 aliphatic rings. The number of hydrogen-bond acceptors (Lipinski definition) is 9. The van der Waals surface area contributed by atoms with Crippen LogP contribution in [0, 0.1) is 0 Å². The molecule has 0 unspecified atom stereocenters. The van der Waals surface area contributed by atoms with Crippen LogP contribution in [0.2, 0.25) is 0 Å². The molecular weight excluding hydrogens is 420 g/mol. The fraction of sp³-hybridized carbons (Fsp3) is 0.591. The second-order valence-corrected chi connectivity index (χ2v) is 9.96. The molecule has 6 atom stereocenters. The summed E-state index contributed by atoms with van der Waals surface area (Å²) in [7, 11) is 0. The van der Waals surface area contributed by atoms with Gasteiger partial charge in [-0.2, -0.15) is 5.06 Å². The molecule has 9 heteroatoms. The van der Waals surface area contributed by atoms with E-state index >= 15 is 0 Å². The quantitative estimate of drug-likeness (QED) is 0.697. The van der Waals surface area contributed by atoms with E-state index < -0.39 is 48.3 Å². The lowest BCUT2D eigenvalue weighted by Gasteiger charge is -2.42. The number of ether oxygens (including phenoxy) is 5. The smallest absolute Gasteiger partial charge is 0.190 e. The molecule has 3 fully saturated rings. The van der Waals surface area contributed by atoms with Crippen LogP contribution in [0.1, 0.15) is 44.3 Å². The van der Waals surface area contributed by atoms with Crippen molar-refractivity contribution in [2.24, 2.45) is 0 Å². The zero-order chi connectivity index (χ0) is 21.8. The lowest BCUT2D eigenvalue weighted by molar-refractivity contribution is -0.271. The monoisotopic (exact) mass is 448 g/mol. The Bertz CT molecular complexity index is 893. The van der Waals surface area contributed by atoms with Gasteiger partial charge in [-0.1, -0.05) is 30.3 Å². The molecule has 0 amide bonds. The van der Waals surface area contributed by atoms with E-state index in [0.29, 0.717) is 6.54 Å². The first-order chi connectivity index (χ1) is 14.7. The summed E-state index contributed by atoms with van der Waals surface area (Å²) in [6.45, 7) is 7.76. The van der Waals surface area contributed by atoms with Crippen LogP contribution in [-0.4, -0.2) is 57.5 Å². The number of hydrogen-bond donors (Lipinski definition) is 1. The van der Waals surface area contributed by atoms with E-state index in [0.717, 1.165) is 10.6 Å². The number of thiazole rings is 1. The molecule has 0 saturated carbocycles. The van der Waals surface area contributed by atoms with Gasteiger partial charge in [0.05, 0.1) is 0 Å². The average Bonchev–Trinajstić information content (AvgIpc) is 3.39. The number of hydroxylamine groups is 2. The van der Waals surface area contributed by atoms with E-state index in [9.17, 15) is 5.21 Å². The van der Waals surface area contributed by atoms with Crippen LogP contribution < -0.4 is 0 Å². The summed E-state index contributed by atoms with van der Waals surface area (Å²) in [5, 5.41) is 15.1. The molecule has 0 radical (unpaired) electrons. The number of nitrogens with zero attached hydrogens (tertiary/aromatic N) is 2. The Morgan fingerprint density at radius 2 is 1.68 bits per heavy atom. The predicted octanol–water partition coefficient (Wildman–Crippen LogP) is 3.47. The normalized spacial score (nSPS) is 34.5. The third kappa shape index (κ3) is 4.17. The molecule has 4 heterocycles. The highest BCUT2D eigenvalue weighted by molar-refractivity contribution is 7.09. The fourth-order valence-corrected chi connectivity index (χ4v) is 5.36. The second kappa shape index (κ2) is 7.86. The van der Waals surface area contributed by atoms with Crippen molar-refractivity contribution < 1.29 is 28.9 Å². The van der Waals surface area contributed by atoms with Crippen LogP contribution in [0.5, 0.6) is 0 Å². The summed E-state index contributed by atoms with van der Waals surface area (Å²) < 4.78 is 31.0. The minimum atomic E-state index is -0.810. The van der Waals surface area contributed by atoms with Crippen LogP contribution >= 0.6 is 11.3 Å². The molecule has 3 aliphatic heterocycles. The molecule has 2 aromatic rings. The highest BCUT2D eigenvalue weighted by Crippen LogP contribution is 2.47. The first kappa shape index (κ1) is 21.4. The average molecular weight is 449 g/mol. The lowest BCUT2D eigenvalue weighted by Crippen LogP contribution is -2.58. The first-order valence-corrected chi connectivity index (χ1v) is 11.4. The number of fused-ring (bicyclic) bond motifs is 3. The Morgan fingerprint density at radius 3 is 2.39 bits per heavy atom. The maximum Gasteiger partial charge on any atom is 0.190 e. The van der Waals surface area contributed by atoms with Crippen molar-refractivity contribution in [2.45, 2.75) is 82.6 Å². The molecular formula is C22H28N2O6S. The van der Waals surface area contributed by atoms with E-state index in [1.165, 1.54) is 16.4 Å². The van der Waals surface area contributed by atoms with Gasteiger partial charge >= 0.3 is 0 Å². The molecule has 3 saturated heterocycles. The number of aromatic nitrogens is 1. The number of rotatable bonds is 5. The van der Waals surface area contributed by atoms with Gasteiger partial charge in [-0.05, 0) is 33.3 Å². The van der Waals surface area contributed by atoms with E-state index in [2.05, 4.69) is 4.98 Å². The maximum atomic E-state index is 11.2. The summed E-state index contributed by atoms with van der Waals surface area (Å²) in [6, 6.07) is 9.21. The molecule has 1 aromatic carbocycles. The van der Waals surface area contributed by atoms with Gasteiger partial charge in [-0.3, -0.25) is 0 Å². The predicted molar refractivity (Wildman–Crippen MR) is 111 cm³/mol. The summed E-state index contributed by atoms with van der Waals surface area (Å²) in [4.78, 5) is 4.49. The summed E-state index contributed by atoms with van der Waals surface area (Å²) in [5.41, 5.74) is 0.974. The maximum absolute atomic E-state index is 11.2. The van der Waals surface area contributed by atoms with Gasteiger partial charge in [0.1, 0.15) is 35.5 Å². The lowest BCUT2D eigenvalue weighted by atomic mass is 9.93. The second-order valence-electron chi connectivity index (χ2n) is 9.03. The first-order valence-electron chi connectivity index (χ1n) is 10.5. The van der Waals surface area contributed by atoms with Gasteiger partial charge in [-0.15, -0.1) is 11.3 Å². The van der Waals surface area contributed by atoms with Crippen molar-refractivity contribution in [3.8, 4) is 0 Å². The van der Waals surface area contributed by atoms with E-state index in [1.54, 1.807) is 6.20 Å². The van der Waals surface area contributed by atoms with Crippen LogP contribution in [0.15, 0.2) is 41.9 Å². The van der Waals surface area contributed by atoms with Crippen molar-refractivity contribution in [3.63, 3.8) is 0 Å². The van der Waals surface area contributed by atoms with Crippen molar-refractivity contribution >= 4 is 11.3 Å². The Kier molecular flexibility index (Phi) is 5.43. The fourth-order valence-electron chi connectivity index (χ4n) is 4.58. The third-order valence-electron chi connectivity index (χ3n) is 5.71. The largest absolute Gasteiger partial charge is 0.342 e. The molecule has 1 N–H and O–H groups in total. The van der Waals surface area contributed by atoms with Crippen LogP contribution in [0.25, 0.3) is 0 Å². The van der Waals surface area contributed by atoms with Crippen molar-refractivity contribution in [1.82, 2.24) is 10.0 Å². The SMILES string of the molecule is CC1(C)O[C@@H]2[C@H](O1)[C@H]1OC(C)(C)O[C@H]1O[C@@H]2[C@@H](c1nccs1)N(O)Cc1ccccc1. The van der Waals surface area contributed by atoms with Crippen LogP contribution in [-0.2, 0) is 30.2 Å². The van der Waals surface area contributed by atoms with E-state index in [4.69, 9.17) is 23.7 Å². The molecule has 8 nitrogen and oxygen atoms in total. The topological polar surface area (TPSA) is 82.5 Å². The molecule has 5 rings (SSSR count). The van der Waals surface area contributed by atoms with Crippen LogP contribution in [0.4, 0.5) is 0 Å². The summed E-state index contributed by atoms with van der Waals surface area (Å²) >= 11 is 1.46. The highest BCUT2D eigenvalue weighted by Gasteiger charge is 2.62. The van der Waals surface area contributed by atoms with Crippen molar-refractivity contribution in [3.05, 3.63) is 52.5 Å². The van der Waals surface area contributed by atoms with Gasteiger partial charge in [0, 0.05) is 18.1 Å².